The number of nitrogens with one attached hydrogen (secondary N) is 1. The van der Waals surface area contributed by atoms with Gasteiger partial charge in [0.15, 0.2) is 0 Å². The third-order valence-electron chi connectivity index (χ3n) is 6.52. The maximum atomic E-state index is 13.3. The number of likely N-dealkylation sites (tertiary alicyclic amines) is 1. The predicted molar refractivity (Wildman–Crippen MR) is 130 cm³/mol. The third kappa shape index (κ3) is 5.50. The summed E-state index contributed by atoms with van der Waals surface area (Å²) in [7, 11) is 1.56. The second-order valence-corrected chi connectivity index (χ2v) is 8.75. The number of carbonyl (C=O) groups excluding carboxylic acids is 3. The van der Waals surface area contributed by atoms with E-state index in [-0.39, 0.29) is 23.8 Å². The standard InChI is InChI=1S/C26H32N4O4/c1-34-23-13-6-5-12-22(23)25(32)29-16-8-15-28(17-18-29)24(31)20-9-7-14-30(19-20)26(33)27-21-10-3-2-4-11-21/h2-6,10-13,20H,7-9,14-19H2,1H3,(H,27,33)/t20-/m1/s1. The molecule has 4 rings (SSSR count). The number of hydrogen-bond donors (Lipinski definition) is 1. The van der Waals surface area contributed by atoms with Gasteiger partial charge in [0.1, 0.15) is 5.75 Å². The Hall–Kier alpha value is -3.55. The van der Waals surface area contributed by atoms with Crippen molar-refractivity contribution in [3.63, 3.8) is 0 Å². The van der Waals surface area contributed by atoms with Crippen LogP contribution in [0.4, 0.5) is 10.5 Å². The van der Waals surface area contributed by atoms with Crippen LogP contribution in [0.15, 0.2) is 54.6 Å². The first-order valence-corrected chi connectivity index (χ1v) is 11.9. The number of piperidine rings is 1. The minimum Gasteiger partial charge on any atom is -0.496 e. The summed E-state index contributed by atoms with van der Waals surface area (Å²) in [5.41, 5.74) is 1.28. The number of rotatable bonds is 4. The first-order valence-electron chi connectivity index (χ1n) is 11.9. The summed E-state index contributed by atoms with van der Waals surface area (Å²) in [5, 5.41) is 2.91. The van der Waals surface area contributed by atoms with Crippen molar-refractivity contribution < 1.29 is 19.1 Å². The lowest BCUT2D eigenvalue weighted by atomic mass is 9.96. The topological polar surface area (TPSA) is 82.2 Å². The van der Waals surface area contributed by atoms with Crippen molar-refractivity contribution in [3.05, 3.63) is 60.2 Å². The van der Waals surface area contributed by atoms with E-state index in [9.17, 15) is 14.4 Å². The van der Waals surface area contributed by atoms with Gasteiger partial charge in [-0.2, -0.15) is 0 Å². The molecule has 0 unspecified atom stereocenters. The summed E-state index contributed by atoms with van der Waals surface area (Å²) >= 11 is 0. The van der Waals surface area contributed by atoms with Gasteiger partial charge in [0.2, 0.25) is 5.91 Å². The smallest absolute Gasteiger partial charge is 0.321 e. The molecule has 2 aromatic carbocycles. The Bertz CT molecular complexity index is 1010. The summed E-state index contributed by atoms with van der Waals surface area (Å²) in [6.45, 7) is 3.24. The number of urea groups is 1. The fraction of sp³-hybridized carbons (Fsp3) is 0.423. The number of amides is 4. The second kappa shape index (κ2) is 11.0. The average Bonchev–Trinajstić information content (AvgIpc) is 3.15. The zero-order valence-electron chi connectivity index (χ0n) is 19.6. The molecule has 4 amide bonds. The van der Waals surface area contributed by atoms with E-state index in [4.69, 9.17) is 4.74 Å². The zero-order valence-corrected chi connectivity index (χ0v) is 19.6. The Morgan fingerprint density at radius 3 is 2.29 bits per heavy atom. The SMILES string of the molecule is COc1ccccc1C(=O)N1CCCN(C(=O)[C@@H]2CCCN(C(=O)Nc3ccccc3)C2)CC1. The number of methoxy groups -OCH3 is 1. The Labute approximate surface area is 200 Å². The number of ether oxygens (including phenoxy) is 1. The maximum absolute atomic E-state index is 13.3. The molecule has 0 spiro atoms. The van der Waals surface area contributed by atoms with Gasteiger partial charge in [-0.25, -0.2) is 4.79 Å². The lowest BCUT2D eigenvalue weighted by Crippen LogP contribution is -2.48. The Kier molecular flexibility index (Phi) is 7.67. The fourth-order valence-electron chi connectivity index (χ4n) is 4.68. The van der Waals surface area contributed by atoms with Crippen LogP contribution in [-0.2, 0) is 4.79 Å². The highest BCUT2D eigenvalue weighted by atomic mass is 16.5. The van der Waals surface area contributed by atoms with Gasteiger partial charge in [-0.1, -0.05) is 30.3 Å². The van der Waals surface area contributed by atoms with E-state index in [0.29, 0.717) is 50.6 Å². The van der Waals surface area contributed by atoms with E-state index < -0.39 is 0 Å². The van der Waals surface area contributed by atoms with E-state index >= 15 is 0 Å². The molecular formula is C26H32N4O4. The van der Waals surface area contributed by atoms with E-state index in [1.165, 1.54) is 0 Å². The van der Waals surface area contributed by atoms with Gasteiger partial charge >= 0.3 is 6.03 Å². The minimum absolute atomic E-state index is 0.0730. The molecule has 34 heavy (non-hydrogen) atoms. The van der Waals surface area contributed by atoms with Crippen molar-refractivity contribution in [1.29, 1.82) is 0 Å². The molecule has 8 heteroatoms. The number of hydrogen-bond acceptors (Lipinski definition) is 4. The number of benzene rings is 2. The van der Waals surface area contributed by atoms with Gasteiger partial charge in [-0.05, 0) is 43.5 Å². The van der Waals surface area contributed by atoms with E-state index in [0.717, 1.165) is 24.9 Å². The largest absolute Gasteiger partial charge is 0.496 e. The molecular weight excluding hydrogens is 432 g/mol. The van der Waals surface area contributed by atoms with Gasteiger partial charge in [-0.3, -0.25) is 9.59 Å². The molecule has 2 aliphatic heterocycles. The molecule has 2 heterocycles. The highest BCUT2D eigenvalue weighted by Gasteiger charge is 2.32. The Morgan fingerprint density at radius 1 is 0.824 bits per heavy atom. The van der Waals surface area contributed by atoms with Crippen molar-refractivity contribution in [2.75, 3.05) is 51.7 Å². The summed E-state index contributed by atoms with van der Waals surface area (Å²) < 4.78 is 5.34. The zero-order chi connectivity index (χ0) is 23.9. The molecule has 0 radical (unpaired) electrons. The molecule has 180 valence electrons. The lowest BCUT2D eigenvalue weighted by Gasteiger charge is -2.34. The molecule has 8 nitrogen and oxygen atoms in total. The normalized spacial score (nSPS) is 18.7. The van der Waals surface area contributed by atoms with Crippen LogP contribution < -0.4 is 10.1 Å². The van der Waals surface area contributed by atoms with Crippen molar-refractivity contribution in [2.45, 2.75) is 19.3 Å². The van der Waals surface area contributed by atoms with E-state index in [1.807, 2.05) is 47.4 Å². The van der Waals surface area contributed by atoms with Crippen LogP contribution >= 0.6 is 0 Å². The molecule has 2 saturated heterocycles. The van der Waals surface area contributed by atoms with Crippen LogP contribution in [0.5, 0.6) is 5.75 Å². The maximum Gasteiger partial charge on any atom is 0.321 e. The van der Waals surface area contributed by atoms with Crippen LogP contribution in [0.1, 0.15) is 29.6 Å². The van der Waals surface area contributed by atoms with Crippen LogP contribution in [0, 0.1) is 5.92 Å². The summed E-state index contributed by atoms with van der Waals surface area (Å²) in [6, 6.07) is 16.4. The molecule has 1 atom stereocenters. The molecule has 0 aromatic heterocycles. The molecule has 0 bridgehead atoms. The third-order valence-corrected chi connectivity index (χ3v) is 6.52. The van der Waals surface area contributed by atoms with Crippen molar-refractivity contribution >= 4 is 23.5 Å². The number of para-hydroxylation sites is 2. The van der Waals surface area contributed by atoms with Gasteiger partial charge in [0.25, 0.3) is 5.91 Å². The van der Waals surface area contributed by atoms with Gasteiger partial charge in [0, 0.05) is 45.0 Å². The molecule has 2 aromatic rings. The summed E-state index contributed by atoms with van der Waals surface area (Å²) in [4.78, 5) is 44.5. The van der Waals surface area contributed by atoms with Gasteiger partial charge in [-0.15, -0.1) is 0 Å². The van der Waals surface area contributed by atoms with Crippen molar-refractivity contribution in [2.24, 2.45) is 5.92 Å². The molecule has 0 saturated carbocycles. The first-order chi connectivity index (χ1) is 16.6. The lowest BCUT2D eigenvalue weighted by molar-refractivity contribution is -0.136. The van der Waals surface area contributed by atoms with Crippen LogP contribution in [0.25, 0.3) is 0 Å². The molecule has 0 aliphatic carbocycles. The van der Waals surface area contributed by atoms with Crippen LogP contribution in [0.3, 0.4) is 0 Å². The average molecular weight is 465 g/mol. The first kappa shape index (κ1) is 23.6. The summed E-state index contributed by atoms with van der Waals surface area (Å²) in [5.74, 6) is 0.337. The van der Waals surface area contributed by atoms with E-state index in [1.54, 1.807) is 29.0 Å². The van der Waals surface area contributed by atoms with Crippen molar-refractivity contribution in [1.82, 2.24) is 14.7 Å². The predicted octanol–water partition coefficient (Wildman–Crippen LogP) is 3.31. The minimum atomic E-state index is -0.216. The monoisotopic (exact) mass is 464 g/mol. The second-order valence-electron chi connectivity index (χ2n) is 8.75. The highest BCUT2D eigenvalue weighted by Crippen LogP contribution is 2.23. The Balaban J connectivity index is 1.34. The van der Waals surface area contributed by atoms with Gasteiger partial charge in [0.05, 0.1) is 18.6 Å². The van der Waals surface area contributed by atoms with Crippen LogP contribution in [-0.4, -0.2) is 78.9 Å². The number of carbonyl (C=O) groups is 3. The number of nitrogens with zero attached hydrogens (tertiary/aromatic N) is 3. The molecule has 2 fully saturated rings. The Morgan fingerprint density at radius 2 is 1.50 bits per heavy atom. The van der Waals surface area contributed by atoms with Crippen molar-refractivity contribution in [3.8, 4) is 5.75 Å². The van der Waals surface area contributed by atoms with Gasteiger partial charge < -0.3 is 24.8 Å². The van der Waals surface area contributed by atoms with E-state index in [2.05, 4.69) is 5.32 Å². The highest BCUT2D eigenvalue weighted by molar-refractivity contribution is 5.97. The number of anilines is 1. The quantitative estimate of drug-likeness (QED) is 0.753. The molecule has 1 N–H and O–H groups in total. The summed E-state index contributed by atoms with van der Waals surface area (Å²) in [6.07, 6.45) is 2.29. The fourth-order valence-corrected chi connectivity index (χ4v) is 4.68. The van der Waals surface area contributed by atoms with Crippen LogP contribution in [0.2, 0.25) is 0 Å². The molecule has 2 aliphatic rings.